The van der Waals surface area contributed by atoms with Gasteiger partial charge in [0, 0.05) is 23.9 Å². The second kappa shape index (κ2) is 10.9. The minimum Gasteiger partial charge on any atom is -0.356 e. The van der Waals surface area contributed by atoms with Crippen LogP contribution < -0.4 is 16.0 Å². The summed E-state index contributed by atoms with van der Waals surface area (Å²) >= 11 is 1.64. The average molecular weight is 381 g/mol. The van der Waals surface area contributed by atoms with Crippen LogP contribution in [-0.2, 0) is 16.0 Å². The van der Waals surface area contributed by atoms with Crippen molar-refractivity contribution in [3.63, 3.8) is 0 Å². The molecule has 1 fully saturated rings. The first-order valence-electron chi connectivity index (χ1n) is 9.18. The van der Waals surface area contributed by atoms with Gasteiger partial charge in [-0.1, -0.05) is 13.0 Å². The number of carbonyl (C=O) groups is 3. The maximum absolute atomic E-state index is 12.0. The van der Waals surface area contributed by atoms with E-state index in [1.54, 1.807) is 11.3 Å². The molecule has 8 heteroatoms. The number of hydrogen-bond acceptors (Lipinski definition) is 5. The number of piperidine rings is 1. The Balaban J connectivity index is 1.59. The molecule has 26 heavy (non-hydrogen) atoms. The Labute approximate surface area is 158 Å². The molecule has 144 valence electrons. The quantitative estimate of drug-likeness (QED) is 0.635. The van der Waals surface area contributed by atoms with Gasteiger partial charge in [-0.3, -0.25) is 19.8 Å². The summed E-state index contributed by atoms with van der Waals surface area (Å²) in [5.74, 6) is -0.171. The Hall–Kier alpha value is -1.93. The van der Waals surface area contributed by atoms with Crippen LogP contribution in [0.4, 0.5) is 4.79 Å². The zero-order valence-corrected chi connectivity index (χ0v) is 16.1. The lowest BCUT2D eigenvalue weighted by Crippen LogP contribution is -2.47. The van der Waals surface area contributed by atoms with Crippen molar-refractivity contribution in [2.75, 3.05) is 32.7 Å². The van der Waals surface area contributed by atoms with Gasteiger partial charge < -0.3 is 10.6 Å². The molecule has 0 spiro atoms. The molecule has 0 atom stereocenters. The highest BCUT2D eigenvalue weighted by Crippen LogP contribution is 2.17. The number of likely N-dealkylation sites (tertiary alicyclic amines) is 1. The lowest BCUT2D eigenvalue weighted by Gasteiger charge is -2.30. The van der Waals surface area contributed by atoms with Crippen molar-refractivity contribution >= 4 is 29.2 Å². The van der Waals surface area contributed by atoms with Crippen molar-refractivity contribution in [3.8, 4) is 0 Å². The number of amides is 4. The summed E-state index contributed by atoms with van der Waals surface area (Å²) in [5, 5.41) is 9.98. The third-order valence-corrected chi connectivity index (χ3v) is 5.30. The summed E-state index contributed by atoms with van der Waals surface area (Å²) in [6.45, 7) is 4.80. The molecule has 1 aromatic rings. The Morgan fingerprint density at radius 1 is 1.19 bits per heavy atom. The van der Waals surface area contributed by atoms with Gasteiger partial charge in [-0.25, -0.2) is 4.79 Å². The van der Waals surface area contributed by atoms with Crippen LogP contribution in [0.3, 0.4) is 0 Å². The van der Waals surface area contributed by atoms with E-state index in [2.05, 4.69) is 16.0 Å². The van der Waals surface area contributed by atoms with Crippen molar-refractivity contribution in [2.45, 2.75) is 32.6 Å². The van der Waals surface area contributed by atoms with Crippen LogP contribution in [0, 0.1) is 5.92 Å². The Kier molecular flexibility index (Phi) is 8.57. The predicted octanol–water partition coefficient (Wildman–Crippen LogP) is 1.35. The monoisotopic (exact) mass is 380 g/mol. The molecule has 0 aromatic carbocycles. The number of hydrogen-bond donors (Lipinski definition) is 3. The first kappa shape index (κ1) is 20.4. The number of rotatable bonds is 8. The summed E-state index contributed by atoms with van der Waals surface area (Å²) in [5.41, 5.74) is 0. The molecular formula is C18H28N4O3S. The van der Waals surface area contributed by atoms with Crippen molar-refractivity contribution in [2.24, 2.45) is 5.92 Å². The van der Waals surface area contributed by atoms with Crippen molar-refractivity contribution in [3.05, 3.63) is 22.4 Å². The number of imide groups is 1. The third-order valence-electron chi connectivity index (χ3n) is 4.36. The van der Waals surface area contributed by atoms with Crippen molar-refractivity contribution in [1.82, 2.24) is 20.9 Å². The van der Waals surface area contributed by atoms with Gasteiger partial charge in [-0.15, -0.1) is 11.3 Å². The highest BCUT2D eigenvalue weighted by molar-refractivity contribution is 7.09. The highest BCUT2D eigenvalue weighted by atomic mass is 32.1. The minimum absolute atomic E-state index is 0.0291. The molecule has 2 heterocycles. The summed E-state index contributed by atoms with van der Waals surface area (Å²) < 4.78 is 0. The van der Waals surface area contributed by atoms with Crippen molar-refractivity contribution < 1.29 is 14.4 Å². The molecule has 0 saturated carbocycles. The van der Waals surface area contributed by atoms with Crippen LogP contribution in [0.15, 0.2) is 17.5 Å². The van der Waals surface area contributed by atoms with Gasteiger partial charge in [-0.2, -0.15) is 0 Å². The molecule has 1 saturated heterocycles. The molecule has 2 rings (SSSR count). The smallest absolute Gasteiger partial charge is 0.321 e. The van der Waals surface area contributed by atoms with Crippen LogP contribution >= 0.6 is 11.3 Å². The normalized spacial score (nSPS) is 15.4. The fourth-order valence-electron chi connectivity index (χ4n) is 2.91. The molecule has 3 N–H and O–H groups in total. The van der Waals surface area contributed by atoms with Crippen LogP contribution in [0.1, 0.15) is 31.1 Å². The second-order valence-corrected chi connectivity index (χ2v) is 7.51. The summed E-state index contributed by atoms with van der Waals surface area (Å²) in [6.07, 6.45) is 3.18. The third kappa shape index (κ3) is 7.13. The summed E-state index contributed by atoms with van der Waals surface area (Å²) in [4.78, 5) is 38.9. The average Bonchev–Trinajstić information content (AvgIpc) is 3.13. The first-order chi connectivity index (χ1) is 12.6. The number of nitrogens with one attached hydrogen (secondary N) is 3. The zero-order chi connectivity index (χ0) is 18.8. The molecule has 4 amide bonds. The van der Waals surface area contributed by atoms with Gasteiger partial charge in [0.2, 0.25) is 11.8 Å². The maximum atomic E-state index is 12.0. The highest BCUT2D eigenvalue weighted by Gasteiger charge is 2.25. The van der Waals surface area contributed by atoms with Gasteiger partial charge in [0.1, 0.15) is 0 Å². The van der Waals surface area contributed by atoms with E-state index < -0.39 is 6.03 Å². The number of nitrogens with zero attached hydrogens (tertiary/aromatic N) is 1. The van der Waals surface area contributed by atoms with Gasteiger partial charge in [0.05, 0.1) is 6.54 Å². The first-order valence-corrected chi connectivity index (χ1v) is 10.1. The van der Waals surface area contributed by atoms with E-state index in [0.29, 0.717) is 26.2 Å². The van der Waals surface area contributed by atoms with Crippen LogP contribution in [-0.4, -0.2) is 55.5 Å². The van der Waals surface area contributed by atoms with Crippen molar-refractivity contribution in [1.29, 1.82) is 0 Å². The number of thiophene rings is 1. The number of urea groups is 1. The number of carbonyl (C=O) groups excluding carboxylic acids is 3. The van der Waals surface area contributed by atoms with Crippen LogP contribution in [0.5, 0.6) is 0 Å². The van der Waals surface area contributed by atoms with Crippen LogP contribution in [0.25, 0.3) is 0 Å². The molecule has 0 aliphatic carbocycles. The molecule has 0 unspecified atom stereocenters. The van der Waals surface area contributed by atoms with E-state index >= 15 is 0 Å². The Morgan fingerprint density at radius 3 is 2.62 bits per heavy atom. The van der Waals surface area contributed by atoms with E-state index in [-0.39, 0.29) is 24.3 Å². The lowest BCUT2D eigenvalue weighted by molar-refractivity contribution is -0.126. The molecule has 1 aliphatic rings. The Morgan fingerprint density at radius 2 is 1.96 bits per heavy atom. The van der Waals surface area contributed by atoms with Crippen LogP contribution in [0.2, 0.25) is 0 Å². The fourth-order valence-corrected chi connectivity index (χ4v) is 3.62. The zero-order valence-electron chi connectivity index (χ0n) is 15.3. The maximum Gasteiger partial charge on any atom is 0.321 e. The molecule has 0 radical (unpaired) electrons. The minimum atomic E-state index is -0.458. The molecule has 0 bridgehead atoms. The standard InChI is InChI=1S/C18H28N4O3S/c1-2-8-19-17(24)14-6-10-22(11-7-14)13-16(23)21-18(25)20-9-5-15-4-3-12-26-15/h3-4,12,14H,2,5-11,13H2,1H3,(H,19,24)(H2,20,21,23,25). The predicted molar refractivity (Wildman–Crippen MR) is 102 cm³/mol. The topological polar surface area (TPSA) is 90.5 Å². The van der Waals surface area contributed by atoms with Gasteiger partial charge in [0.15, 0.2) is 0 Å². The van der Waals surface area contributed by atoms with E-state index in [1.807, 2.05) is 29.3 Å². The van der Waals surface area contributed by atoms with E-state index in [0.717, 1.165) is 25.7 Å². The molecular weight excluding hydrogens is 352 g/mol. The molecule has 7 nitrogen and oxygen atoms in total. The van der Waals surface area contributed by atoms with Gasteiger partial charge in [-0.05, 0) is 50.2 Å². The molecule has 1 aliphatic heterocycles. The Bertz CT molecular complexity index is 583. The van der Waals surface area contributed by atoms with Gasteiger partial charge in [0.25, 0.3) is 0 Å². The molecule has 1 aromatic heterocycles. The van der Waals surface area contributed by atoms with E-state index in [1.165, 1.54) is 4.88 Å². The SMILES string of the molecule is CCCNC(=O)C1CCN(CC(=O)NC(=O)NCCc2cccs2)CC1. The summed E-state index contributed by atoms with van der Waals surface area (Å²) in [6, 6.07) is 3.53. The fraction of sp³-hybridized carbons (Fsp3) is 0.611. The van der Waals surface area contributed by atoms with E-state index in [4.69, 9.17) is 0 Å². The second-order valence-electron chi connectivity index (χ2n) is 6.47. The van der Waals surface area contributed by atoms with E-state index in [9.17, 15) is 14.4 Å². The largest absolute Gasteiger partial charge is 0.356 e. The van der Waals surface area contributed by atoms with Gasteiger partial charge >= 0.3 is 6.03 Å². The lowest BCUT2D eigenvalue weighted by atomic mass is 9.96. The summed E-state index contributed by atoms with van der Waals surface area (Å²) in [7, 11) is 0.